The van der Waals surface area contributed by atoms with E-state index >= 15 is 0 Å². The Morgan fingerprint density at radius 3 is 2.64 bits per heavy atom. The fourth-order valence-electron chi connectivity index (χ4n) is 2.42. The molecule has 25 heavy (non-hydrogen) atoms. The zero-order valence-corrected chi connectivity index (χ0v) is 15.1. The molecule has 0 saturated heterocycles. The second-order valence-corrected chi connectivity index (χ2v) is 7.75. The fraction of sp³-hybridized carbons (Fsp3) is 0.176. The predicted molar refractivity (Wildman–Crippen MR) is 97.4 cm³/mol. The lowest BCUT2D eigenvalue weighted by atomic mass is 10.2. The first-order chi connectivity index (χ1) is 11.9. The van der Waals surface area contributed by atoms with Crippen LogP contribution in [-0.4, -0.2) is 23.2 Å². The molecule has 6 nitrogen and oxygen atoms in total. The van der Waals surface area contributed by atoms with Gasteiger partial charge in [0.2, 0.25) is 10.0 Å². The molecule has 0 atom stereocenters. The van der Waals surface area contributed by atoms with Gasteiger partial charge in [0, 0.05) is 18.3 Å². The van der Waals surface area contributed by atoms with Crippen molar-refractivity contribution >= 4 is 21.6 Å². The maximum Gasteiger partial charge on any atom is 0.216 e. The summed E-state index contributed by atoms with van der Waals surface area (Å²) in [7, 11) is -1.73. The number of sulfonamides is 1. The van der Waals surface area contributed by atoms with E-state index in [9.17, 15) is 8.42 Å². The van der Waals surface area contributed by atoms with E-state index in [1.807, 2.05) is 24.3 Å². The van der Waals surface area contributed by atoms with Crippen molar-refractivity contribution < 1.29 is 8.42 Å². The van der Waals surface area contributed by atoms with Crippen LogP contribution in [0.25, 0.3) is 11.4 Å². The molecule has 0 radical (unpaired) electrons. The van der Waals surface area contributed by atoms with Gasteiger partial charge in [-0.1, -0.05) is 35.9 Å². The van der Waals surface area contributed by atoms with Crippen LogP contribution in [0.5, 0.6) is 0 Å². The molecular weight excluding hydrogens is 360 g/mol. The van der Waals surface area contributed by atoms with E-state index in [2.05, 4.69) is 14.8 Å². The molecule has 0 aliphatic heterocycles. The van der Waals surface area contributed by atoms with E-state index < -0.39 is 10.0 Å². The lowest BCUT2D eigenvalue weighted by molar-refractivity contribution is 0.578. The largest absolute Gasteiger partial charge is 0.266 e. The van der Waals surface area contributed by atoms with Crippen molar-refractivity contribution in [3.8, 4) is 11.4 Å². The number of rotatable bonds is 6. The standard InChI is InChI=1S/C17H17ClN4O2S/c1-22-17(16-8-4-5-9-19-16)10-14(21-22)11-20-25(23,24)12-13-6-2-3-7-15(13)18/h2-10,20H,11-12H2,1H3. The highest BCUT2D eigenvalue weighted by Crippen LogP contribution is 2.19. The van der Waals surface area contributed by atoms with Crippen molar-refractivity contribution in [3.63, 3.8) is 0 Å². The Morgan fingerprint density at radius 1 is 1.16 bits per heavy atom. The van der Waals surface area contributed by atoms with Gasteiger partial charge in [-0.05, 0) is 29.8 Å². The van der Waals surface area contributed by atoms with Gasteiger partial charge in [-0.2, -0.15) is 5.10 Å². The Kier molecular flexibility index (Phi) is 5.17. The minimum Gasteiger partial charge on any atom is -0.266 e. The lowest BCUT2D eigenvalue weighted by Crippen LogP contribution is -2.25. The molecule has 3 rings (SSSR count). The highest BCUT2D eigenvalue weighted by molar-refractivity contribution is 7.88. The van der Waals surface area contributed by atoms with Gasteiger partial charge in [0.05, 0.1) is 29.4 Å². The van der Waals surface area contributed by atoms with Crippen LogP contribution < -0.4 is 4.72 Å². The summed E-state index contributed by atoms with van der Waals surface area (Å²) in [4.78, 5) is 4.28. The molecule has 1 N–H and O–H groups in total. The van der Waals surface area contributed by atoms with Crippen molar-refractivity contribution in [1.29, 1.82) is 0 Å². The average Bonchev–Trinajstić information content (AvgIpc) is 2.97. The van der Waals surface area contributed by atoms with Crippen molar-refractivity contribution in [3.05, 3.63) is 71.0 Å². The minimum atomic E-state index is -3.52. The quantitative estimate of drug-likeness (QED) is 0.717. The number of benzene rings is 1. The topological polar surface area (TPSA) is 76.9 Å². The third kappa shape index (κ3) is 4.45. The van der Waals surface area contributed by atoms with Crippen molar-refractivity contribution in [1.82, 2.24) is 19.5 Å². The van der Waals surface area contributed by atoms with E-state index in [0.29, 0.717) is 16.3 Å². The Bertz CT molecular complexity index is 971. The van der Waals surface area contributed by atoms with Gasteiger partial charge in [-0.3, -0.25) is 9.67 Å². The second kappa shape index (κ2) is 7.35. The molecule has 2 heterocycles. The summed E-state index contributed by atoms with van der Waals surface area (Å²) in [5, 5.41) is 4.77. The molecule has 0 unspecified atom stereocenters. The molecule has 0 amide bonds. The summed E-state index contributed by atoms with van der Waals surface area (Å²) in [6, 6.07) is 14.3. The third-order valence-corrected chi connectivity index (χ3v) is 5.28. The van der Waals surface area contributed by atoms with Crippen LogP contribution >= 0.6 is 11.6 Å². The predicted octanol–water partition coefficient (Wildman–Crippen LogP) is 2.76. The van der Waals surface area contributed by atoms with Crippen LogP contribution in [0.2, 0.25) is 5.02 Å². The molecule has 0 aliphatic carbocycles. The number of nitrogens with one attached hydrogen (secondary N) is 1. The van der Waals surface area contributed by atoms with E-state index in [4.69, 9.17) is 11.6 Å². The van der Waals surface area contributed by atoms with Gasteiger partial charge in [-0.25, -0.2) is 13.1 Å². The molecular formula is C17H17ClN4O2S. The van der Waals surface area contributed by atoms with Crippen LogP contribution in [0.1, 0.15) is 11.3 Å². The fourth-order valence-corrected chi connectivity index (χ4v) is 3.83. The summed E-state index contributed by atoms with van der Waals surface area (Å²) in [6.07, 6.45) is 1.70. The van der Waals surface area contributed by atoms with Crippen molar-refractivity contribution in [2.75, 3.05) is 0 Å². The van der Waals surface area contributed by atoms with Crippen molar-refractivity contribution in [2.45, 2.75) is 12.3 Å². The van der Waals surface area contributed by atoms with E-state index in [-0.39, 0.29) is 12.3 Å². The Hall–Kier alpha value is -2.22. The zero-order chi connectivity index (χ0) is 17.9. The van der Waals surface area contributed by atoms with Gasteiger partial charge in [0.1, 0.15) is 0 Å². The molecule has 3 aromatic rings. The van der Waals surface area contributed by atoms with E-state index in [1.54, 1.807) is 42.2 Å². The highest BCUT2D eigenvalue weighted by atomic mass is 35.5. The number of hydrogen-bond donors (Lipinski definition) is 1. The average molecular weight is 377 g/mol. The molecule has 1 aromatic carbocycles. The minimum absolute atomic E-state index is 0.105. The molecule has 0 saturated carbocycles. The van der Waals surface area contributed by atoms with Gasteiger partial charge in [0.15, 0.2) is 0 Å². The molecule has 0 bridgehead atoms. The maximum atomic E-state index is 12.3. The Morgan fingerprint density at radius 2 is 1.92 bits per heavy atom. The number of pyridine rings is 1. The molecule has 0 fully saturated rings. The summed E-state index contributed by atoms with van der Waals surface area (Å²) in [5.41, 5.74) is 2.78. The molecule has 0 spiro atoms. The zero-order valence-electron chi connectivity index (χ0n) is 13.6. The SMILES string of the molecule is Cn1nc(CNS(=O)(=O)Cc2ccccc2Cl)cc1-c1ccccn1. The van der Waals surface area contributed by atoms with Gasteiger partial charge in [0.25, 0.3) is 0 Å². The number of aromatic nitrogens is 3. The van der Waals surface area contributed by atoms with Gasteiger partial charge >= 0.3 is 0 Å². The van der Waals surface area contributed by atoms with Crippen LogP contribution in [0.15, 0.2) is 54.7 Å². The van der Waals surface area contributed by atoms with Crippen LogP contribution in [0.4, 0.5) is 0 Å². The normalized spacial score (nSPS) is 11.6. The molecule has 2 aromatic heterocycles. The number of halogens is 1. The van der Waals surface area contributed by atoms with Gasteiger partial charge in [-0.15, -0.1) is 0 Å². The number of aryl methyl sites for hydroxylation is 1. The van der Waals surface area contributed by atoms with Gasteiger partial charge < -0.3 is 0 Å². The monoisotopic (exact) mass is 376 g/mol. The Balaban J connectivity index is 1.70. The van der Waals surface area contributed by atoms with Crippen LogP contribution in [0, 0.1) is 0 Å². The molecule has 0 aliphatic rings. The van der Waals surface area contributed by atoms with Crippen LogP contribution in [0.3, 0.4) is 0 Å². The first-order valence-corrected chi connectivity index (χ1v) is 9.63. The van der Waals surface area contributed by atoms with Crippen molar-refractivity contribution in [2.24, 2.45) is 7.05 Å². The first kappa shape index (κ1) is 17.6. The van der Waals surface area contributed by atoms with Crippen LogP contribution in [-0.2, 0) is 29.4 Å². The maximum absolute atomic E-state index is 12.3. The summed E-state index contributed by atoms with van der Waals surface area (Å²) in [5.74, 6) is -0.174. The smallest absolute Gasteiger partial charge is 0.216 e. The Labute approximate surface area is 151 Å². The number of hydrogen-bond acceptors (Lipinski definition) is 4. The molecule has 8 heteroatoms. The lowest BCUT2D eigenvalue weighted by Gasteiger charge is -2.06. The second-order valence-electron chi connectivity index (χ2n) is 5.53. The summed E-state index contributed by atoms with van der Waals surface area (Å²) >= 11 is 6.02. The highest BCUT2D eigenvalue weighted by Gasteiger charge is 2.15. The first-order valence-electron chi connectivity index (χ1n) is 7.60. The third-order valence-electron chi connectivity index (χ3n) is 3.63. The van der Waals surface area contributed by atoms with E-state index in [0.717, 1.165) is 11.4 Å². The summed E-state index contributed by atoms with van der Waals surface area (Å²) in [6.45, 7) is 0.105. The number of nitrogens with zero attached hydrogens (tertiary/aromatic N) is 3. The summed E-state index contributed by atoms with van der Waals surface area (Å²) < 4.78 is 28.8. The molecule has 130 valence electrons. The van der Waals surface area contributed by atoms with E-state index in [1.165, 1.54) is 0 Å².